The molecule has 0 spiro atoms. The van der Waals surface area contributed by atoms with Crippen LogP contribution in [0.25, 0.3) is 0 Å². The Hall–Kier alpha value is -2.17. The quantitative estimate of drug-likeness (QED) is 0.220. The fourth-order valence-electron chi connectivity index (χ4n) is 3.64. The molecule has 168 valence electrons. The van der Waals surface area contributed by atoms with E-state index in [9.17, 15) is 14.4 Å². The molecule has 0 heterocycles. The molecule has 5 heteroatoms. The number of esters is 2. The lowest BCUT2D eigenvalue weighted by Gasteiger charge is -2.32. The molecule has 0 aromatic heterocycles. The van der Waals surface area contributed by atoms with Crippen molar-refractivity contribution in [2.45, 2.75) is 85.5 Å². The van der Waals surface area contributed by atoms with Crippen molar-refractivity contribution in [1.82, 2.24) is 0 Å². The van der Waals surface area contributed by atoms with Gasteiger partial charge in [0, 0.05) is 17.6 Å². The molecule has 1 rings (SSSR count). The zero-order chi connectivity index (χ0) is 22.7. The molecule has 0 bridgehead atoms. The molecule has 0 N–H and O–H groups in total. The van der Waals surface area contributed by atoms with E-state index in [0.29, 0.717) is 30.8 Å². The molecule has 0 aromatic rings. The first-order valence-electron chi connectivity index (χ1n) is 10.9. The van der Waals surface area contributed by atoms with Crippen LogP contribution >= 0.6 is 0 Å². The molecule has 0 radical (unpaired) electrons. The van der Waals surface area contributed by atoms with Gasteiger partial charge in [0.1, 0.15) is 0 Å². The molecule has 0 amide bonds. The minimum Gasteiger partial charge on any atom is -0.462 e. The second-order valence-electron chi connectivity index (χ2n) is 9.12. The number of hydrogen-bond donors (Lipinski definition) is 0. The van der Waals surface area contributed by atoms with Crippen LogP contribution in [0.1, 0.15) is 85.5 Å². The molecule has 0 aromatic carbocycles. The van der Waals surface area contributed by atoms with Crippen molar-refractivity contribution in [3.8, 4) is 0 Å². The molecule has 1 aliphatic rings. The number of carbonyl (C=O) groups excluding carboxylic acids is 3. The first kappa shape index (κ1) is 25.9. The smallest absolute Gasteiger partial charge is 0.333 e. The minimum absolute atomic E-state index is 0.00392. The van der Waals surface area contributed by atoms with Crippen molar-refractivity contribution in [2.75, 3.05) is 13.2 Å². The zero-order valence-corrected chi connectivity index (χ0v) is 19.2. The van der Waals surface area contributed by atoms with Crippen LogP contribution in [0.3, 0.4) is 0 Å². The number of hydrogen-bond acceptors (Lipinski definition) is 5. The summed E-state index contributed by atoms with van der Waals surface area (Å²) in [5.74, 6) is -0.441. The van der Waals surface area contributed by atoms with Crippen molar-refractivity contribution >= 4 is 17.7 Å². The summed E-state index contributed by atoms with van der Waals surface area (Å²) in [7, 11) is 0. The number of allylic oxidation sites excluding steroid dienone is 2. The second-order valence-corrected chi connectivity index (χ2v) is 9.12. The molecule has 0 unspecified atom stereocenters. The summed E-state index contributed by atoms with van der Waals surface area (Å²) in [4.78, 5) is 35.6. The predicted molar refractivity (Wildman–Crippen MR) is 119 cm³/mol. The van der Waals surface area contributed by atoms with Crippen LogP contribution < -0.4 is 0 Å². The average molecular weight is 419 g/mol. The van der Waals surface area contributed by atoms with Crippen molar-refractivity contribution in [1.29, 1.82) is 0 Å². The van der Waals surface area contributed by atoms with Gasteiger partial charge in [-0.2, -0.15) is 0 Å². The Bertz CT molecular complexity index is 696. The highest BCUT2D eigenvalue weighted by Gasteiger charge is 2.31. The van der Waals surface area contributed by atoms with Crippen molar-refractivity contribution in [3.63, 3.8) is 0 Å². The van der Waals surface area contributed by atoms with Gasteiger partial charge in [-0.25, -0.2) is 9.59 Å². The van der Waals surface area contributed by atoms with Gasteiger partial charge >= 0.3 is 11.9 Å². The van der Waals surface area contributed by atoms with Crippen molar-refractivity contribution in [2.24, 2.45) is 5.41 Å². The maximum absolute atomic E-state index is 12.7. The van der Waals surface area contributed by atoms with Gasteiger partial charge in [0.05, 0.1) is 13.2 Å². The summed E-state index contributed by atoms with van der Waals surface area (Å²) in [6.45, 7) is 15.5. The molecule has 30 heavy (non-hydrogen) atoms. The normalized spacial score (nSPS) is 15.7. The van der Waals surface area contributed by atoms with Gasteiger partial charge in [-0.1, -0.05) is 32.6 Å². The summed E-state index contributed by atoms with van der Waals surface area (Å²) >= 11 is 0. The minimum atomic E-state index is -0.362. The van der Waals surface area contributed by atoms with Gasteiger partial charge in [0.2, 0.25) is 0 Å². The highest BCUT2D eigenvalue weighted by atomic mass is 16.5. The van der Waals surface area contributed by atoms with Crippen LogP contribution in [0.4, 0.5) is 0 Å². The highest BCUT2D eigenvalue weighted by molar-refractivity contribution is 5.97. The topological polar surface area (TPSA) is 69.7 Å². The average Bonchev–Trinajstić information content (AvgIpc) is 2.64. The number of ether oxygens (including phenoxy) is 2. The van der Waals surface area contributed by atoms with E-state index in [1.807, 2.05) is 0 Å². The monoisotopic (exact) mass is 418 g/mol. The van der Waals surface area contributed by atoms with Crippen LogP contribution in [-0.4, -0.2) is 30.9 Å². The Morgan fingerprint density at radius 3 is 1.87 bits per heavy atom. The molecule has 5 nitrogen and oxygen atoms in total. The zero-order valence-electron chi connectivity index (χ0n) is 19.2. The third kappa shape index (κ3) is 9.55. The molecule has 0 atom stereocenters. The van der Waals surface area contributed by atoms with Gasteiger partial charge in [0.25, 0.3) is 0 Å². The van der Waals surface area contributed by atoms with E-state index in [1.54, 1.807) is 13.8 Å². The van der Waals surface area contributed by atoms with Crippen LogP contribution in [-0.2, 0) is 23.9 Å². The summed E-state index contributed by atoms with van der Waals surface area (Å²) in [5.41, 5.74) is 3.08. The van der Waals surface area contributed by atoms with Gasteiger partial charge in [-0.15, -0.1) is 0 Å². The van der Waals surface area contributed by atoms with Crippen LogP contribution in [0.2, 0.25) is 0 Å². The standard InChI is InChI=1S/C25H38O5/c1-18(2)23(27)29-14-10-7-8-12-20-16-25(5,6)17-22(26)21(20)13-9-11-15-30-24(28)19(3)4/h1,3,7-17H2,2,4-6H3. The molecule has 0 aliphatic heterocycles. The van der Waals surface area contributed by atoms with Gasteiger partial charge < -0.3 is 9.47 Å². The fraction of sp³-hybridized carbons (Fsp3) is 0.640. The molecule has 0 fully saturated rings. The van der Waals surface area contributed by atoms with E-state index in [4.69, 9.17) is 9.47 Å². The Kier molecular flexibility index (Phi) is 10.8. The Morgan fingerprint density at radius 1 is 0.833 bits per heavy atom. The lowest BCUT2D eigenvalue weighted by Crippen LogP contribution is -2.26. The van der Waals surface area contributed by atoms with E-state index in [0.717, 1.165) is 56.9 Å². The van der Waals surface area contributed by atoms with Gasteiger partial charge in [-0.3, -0.25) is 4.79 Å². The number of Topliss-reactive ketones (excluding diaryl/α,β-unsaturated/α-hetero) is 1. The molecular weight excluding hydrogens is 380 g/mol. The SMILES string of the molecule is C=C(C)C(=O)OCCCCCC1=C(CCCCOC(=O)C(=C)C)C(=O)CC(C)(C)C1. The Labute approximate surface area is 181 Å². The van der Waals surface area contributed by atoms with E-state index < -0.39 is 0 Å². The predicted octanol–water partition coefficient (Wildman–Crippen LogP) is 5.64. The number of ketones is 1. The summed E-state index contributed by atoms with van der Waals surface area (Å²) in [6.07, 6.45) is 7.49. The first-order valence-corrected chi connectivity index (χ1v) is 10.9. The largest absolute Gasteiger partial charge is 0.462 e. The lowest BCUT2D eigenvalue weighted by molar-refractivity contribution is -0.139. The first-order chi connectivity index (χ1) is 14.0. The van der Waals surface area contributed by atoms with Gasteiger partial charge in [0.15, 0.2) is 5.78 Å². The molecule has 1 aliphatic carbocycles. The fourth-order valence-corrected chi connectivity index (χ4v) is 3.64. The van der Waals surface area contributed by atoms with Crippen LogP contribution in [0.5, 0.6) is 0 Å². The van der Waals surface area contributed by atoms with E-state index in [2.05, 4.69) is 27.0 Å². The summed E-state index contributed by atoms with van der Waals surface area (Å²) in [6, 6.07) is 0. The van der Waals surface area contributed by atoms with Crippen LogP contribution in [0, 0.1) is 5.41 Å². The third-order valence-corrected chi connectivity index (χ3v) is 5.20. The van der Waals surface area contributed by atoms with E-state index in [-0.39, 0.29) is 23.1 Å². The summed E-state index contributed by atoms with van der Waals surface area (Å²) < 4.78 is 10.3. The molecule has 0 saturated carbocycles. The van der Waals surface area contributed by atoms with Crippen molar-refractivity contribution < 1.29 is 23.9 Å². The number of carbonyl (C=O) groups is 3. The number of rotatable bonds is 13. The van der Waals surface area contributed by atoms with Gasteiger partial charge in [-0.05, 0) is 76.2 Å². The third-order valence-electron chi connectivity index (χ3n) is 5.20. The Balaban J connectivity index is 2.50. The van der Waals surface area contributed by atoms with Crippen LogP contribution in [0.15, 0.2) is 35.5 Å². The molecule has 0 saturated heterocycles. The second kappa shape index (κ2) is 12.5. The van der Waals surface area contributed by atoms with E-state index in [1.165, 1.54) is 5.57 Å². The maximum atomic E-state index is 12.7. The number of unbranched alkanes of at least 4 members (excludes halogenated alkanes) is 3. The van der Waals surface area contributed by atoms with E-state index >= 15 is 0 Å². The maximum Gasteiger partial charge on any atom is 0.333 e. The molecular formula is C25H38O5. The summed E-state index contributed by atoms with van der Waals surface area (Å²) in [5, 5.41) is 0. The lowest BCUT2D eigenvalue weighted by atomic mass is 9.71. The van der Waals surface area contributed by atoms with Crippen molar-refractivity contribution in [3.05, 3.63) is 35.5 Å². The highest BCUT2D eigenvalue weighted by Crippen LogP contribution is 2.40. The Morgan fingerprint density at radius 2 is 1.33 bits per heavy atom.